The Morgan fingerprint density at radius 3 is 3.00 bits per heavy atom. The smallest absolute Gasteiger partial charge is 0.238 e. The van der Waals surface area contributed by atoms with Crippen LogP contribution in [0.2, 0.25) is 5.02 Å². The number of likely N-dealkylation sites (tertiary alicyclic amines) is 1. The third-order valence-electron chi connectivity index (χ3n) is 3.06. The highest BCUT2D eigenvalue weighted by molar-refractivity contribution is 6.33. The van der Waals surface area contributed by atoms with Crippen molar-refractivity contribution in [1.82, 2.24) is 4.90 Å². The van der Waals surface area contributed by atoms with Crippen molar-refractivity contribution in [3.05, 3.63) is 29.3 Å². The van der Waals surface area contributed by atoms with Crippen molar-refractivity contribution in [2.75, 3.05) is 25.0 Å². The van der Waals surface area contributed by atoms with Crippen LogP contribution in [0.3, 0.4) is 0 Å². The lowest BCUT2D eigenvalue weighted by Gasteiger charge is -2.29. The van der Waals surface area contributed by atoms with Crippen LogP contribution in [-0.2, 0) is 4.79 Å². The summed E-state index contributed by atoms with van der Waals surface area (Å²) in [5.41, 5.74) is 6.54. The summed E-state index contributed by atoms with van der Waals surface area (Å²) in [7, 11) is 0. The molecule has 0 saturated carbocycles. The SMILES string of the molecule is N[C@@H]1CCCN(CC(=O)Nc2ccccc2Cl)C1. The van der Waals surface area contributed by atoms with E-state index in [9.17, 15) is 4.79 Å². The summed E-state index contributed by atoms with van der Waals surface area (Å²) in [6, 6.07) is 7.42. The van der Waals surface area contributed by atoms with Crippen LogP contribution in [0.1, 0.15) is 12.8 Å². The molecule has 18 heavy (non-hydrogen) atoms. The molecule has 3 N–H and O–H groups in total. The van der Waals surface area contributed by atoms with Crippen LogP contribution in [0.5, 0.6) is 0 Å². The number of halogens is 1. The number of benzene rings is 1. The summed E-state index contributed by atoms with van der Waals surface area (Å²) < 4.78 is 0. The Labute approximate surface area is 112 Å². The van der Waals surface area contributed by atoms with Crippen LogP contribution in [0.4, 0.5) is 5.69 Å². The van der Waals surface area contributed by atoms with Crippen LogP contribution in [-0.4, -0.2) is 36.5 Å². The minimum atomic E-state index is -0.0443. The Hall–Kier alpha value is -1.10. The summed E-state index contributed by atoms with van der Waals surface area (Å²) in [6.07, 6.45) is 2.10. The lowest BCUT2D eigenvalue weighted by atomic mass is 10.1. The predicted molar refractivity (Wildman–Crippen MR) is 73.7 cm³/mol. The van der Waals surface area contributed by atoms with Gasteiger partial charge in [-0.15, -0.1) is 0 Å². The molecule has 5 heteroatoms. The number of amides is 1. The molecule has 1 aliphatic heterocycles. The maximum Gasteiger partial charge on any atom is 0.238 e. The Bertz CT molecular complexity index is 424. The number of hydrogen-bond acceptors (Lipinski definition) is 3. The number of nitrogens with two attached hydrogens (primary N) is 1. The summed E-state index contributed by atoms with van der Waals surface area (Å²) in [5.74, 6) is -0.0443. The largest absolute Gasteiger partial charge is 0.327 e. The van der Waals surface area contributed by atoms with Gasteiger partial charge in [0.15, 0.2) is 0 Å². The Kier molecular flexibility index (Phi) is 4.58. The zero-order valence-corrected chi connectivity index (χ0v) is 11.0. The summed E-state index contributed by atoms with van der Waals surface area (Å²) >= 11 is 5.99. The third-order valence-corrected chi connectivity index (χ3v) is 3.39. The molecule has 1 aliphatic rings. The maximum absolute atomic E-state index is 11.9. The Morgan fingerprint density at radius 2 is 2.28 bits per heavy atom. The second-order valence-electron chi connectivity index (χ2n) is 4.67. The fourth-order valence-corrected chi connectivity index (χ4v) is 2.37. The van der Waals surface area contributed by atoms with Crippen LogP contribution in [0.15, 0.2) is 24.3 Å². The topological polar surface area (TPSA) is 58.4 Å². The number of rotatable bonds is 3. The molecule has 98 valence electrons. The molecule has 0 aromatic heterocycles. The van der Waals surface area contributed by atoms with Gasteiger partial charge in [-0.1, -0.05) is 23.7 Å². The molecule has 1 aromatic rings. The summed E-state index contributed by atoms with van der Waals surface area (Å²) in [6.45, 7) is 2.10. The van der Waals surface area contributed by atoms with Gasteiger partial charge in [0.2, 0.25) is 5.91 Å². The molecule has 4 nitrogen and oxygen atoms in total. The van der Waals surface area contributed by atoms with Gasteiger partial charge in [-0.05, 0) is 31.5 Å². The van der Waals surface area contributed by atoms with Gasteiger partial charge in [-0.3, -0.25) is 9.69 Å². The summed E-state index contributed by atoms with van der Waals surface area (Å²) in [5, 5.41) is 3.38. The third kappa shape index (κ3) is 3.70. The zero-order chi connectivity index (χ0) is 13.0. The normalized spacial score (nSPS) is 20.7. The van der Waals surface area contributed by atoms with Gasteiger partial charge in [0.1, 0.15) is 0 Å². The van der Waals surface area contributed by atoms with Crippen molar-refractivity contribution in [3.63, 3.8) is 0 Å². The van der Waals surface area contributed by atoms with Crippen molar-refractivity contribution < 1.29 is 4.79 Å². The van der Waals surface area contributed by atoms with Crippen LogP contribution >= 0.6 is 11.6 Å². The van der Waals surface area contributed by atoms with E-state index >= 15 is 0 Å². The molecule has 1 atom stereocenters. The van der Waals surface area contributed by atoms with Crippen molar-refractivity contribution >= 4 is 23.2 Å². The molecule has 0 unspecified atom stereocenters. The molecular weight excluding hydrogens is 250 g/mol. The number of para-hydroxylation sites is 1. The Balaban J connectivity index is 1.87. The number of piperidine rings is 1. The van der Waals surface area contributed by atoms with Gasteiger partial charge >= 0.3 is 0 Å². The second kappa shape index (κ2) is 6.18. The first-order valence-electron chi connectivity index (χ1n) is 6.17. The lowest BCUT2D eigenvalue weighted by molar-refractivity contribution is -0.117. The number of carbonyl (C=O) groups is 1. The quantitative estimate of drug-likeness (QED) is 0.876. The van der Waals surface area contributed by atoms with Crippen LogP contribution in [0.25, 0.3) is 0 Å². The average molecular weight is 268 g/mol. The lowest BCUT2D eigenvalue weighted by Crippen LogP contribution is -2.45. The van der Waals surface area contributed by atoms with Crippen molar-refractivity contribution in [3.8, 4) is 0 Å². The van der Waals surface area contributed by atoms with Crippen LogP contribution in [0, 0.1) is 0 Å². The zero-order valence-electron chi connectivity index (χ0n) is 10.2. The molecule has 1 fully saturated rings. The van der Waals surface area contributed by atoms with Crippen LogP contribution < -0.4 is 11.1 Å². The number of anilines is 1. The fourth-order valence-electron chi connectivity index (χ4n) is 2.19. The highest BCUT2D eigenvalue weighted by Crippen LogP contribution is 2.20. The van der Waals surface area contributed by atoms with Gasteiger partial charge in [0, 0.05) is 12.6 Å². The highest BCUT2D eigenvalue weighted by atomic mass is 35.5. The average Bonchev–Trinajstić information content (AvgIpc) is 2.32. The molecule has 0 bridgehead atoms. The molecule has 1 aromatic carbocycles. The molecule has 1 heterocycles. The van der Waals surface area contributed by atoms with Crippen molar-refractivity contribution in [2.45, 2.75) is 18.9 Å². The summed E-state index contributed by atoms with van der Waals surface area (Å²) in [4.78, 5) is 14.0. The predicted octanol–water partition coefficient (Wildman–Crippen LogP) is 1.70. The van der Waals surface area contributed by atoms with Gasteiger partial charge < -0.3 is 11.1 Å². The second-order valence-corrected chi connectivity index (χ2v) is 5.07. The number of hydrogen-bond donors (Lipinski definition) is 2. The molecule has 1 saturated heterocycles. The van der Waals surface area contributed by atoms with E-state index in [1.807, 2.05) is 12.1 Å². The van der Waals surface area contributed by atoms with E-state index in [1.165, 1.54) is 0 Å². The van der Waals surface area contributed by atoms with E-state index in [-0.39, 0.29) is 11.9 Å². The number of nitrogens with zero attached hydrogens (tertiary/aromatic N) is 1. The minimum absolute atomic E-state index is 0.0443. The molecule has 0 aliphatic carbocycles. The fraction of sp³-hybridized carbons (Fsp3) is 0.462. The first-order chi connectivity index (χ1) is 8.65. The van der Waals surface area contributed by atoms with Gasteiger partial charge in [-0.25, -0.2) is 0 Å². The standard InChI is InChI=1S/C13H18ClN3O/c14-11-5-1-2-6-12(11)16-13(18)9-17-7-3-4-10(15)8-17/h1-2,5-6,10H,3-4,7-9,15H2,(H,16,18)/t10-/m1/s1. The van der Waals surface area contributed by atoms with E-state index < -0.39 is 0 Å². The molecule has 2 rings (SSSR count). The van der Waals surface area contributed by atoms with Crippen molar-refractivity contribution in [2.24, 2.45) is 5.73 Å². The number of carbonyl (C=O) groups excluding carboxylic acids is 1. The number of nitrogens with one attached hydrogen (secondary N) is 1. The Morgan fingerprint density at radius 1 is 1.50 bits per heavy atom. The van der Waals surface area contributed by atoms with Gasteiger partial charge in [-0.2, -0.15) is 0 Å². The highest BCUT2D eigenvalue weighted by Gasteiger charge is 2.18. The van der Waals surface area contributed by atoms with E-state index in [1.54, 1.807) is 12.1 Å². The molecular formula is C13H18ClN3O. The van der Waals surface area contributed by atoms with Gasteiger partial charge in [0.05, 0.1) is 17.3 Å². The minimum Gasteiger partial charge on any atom is -0.327 e. The first kappa shape index (κ1) is 13.3. The first-order valence-corrected chi connectivity index (χ1v) is 6.55. The molecule has 0 spiro atoms. The molecule has 1 amide bonds. The van der Waals surface area contributed by atoms with E-state index in [4.69, 9.17) is 17.3 Å². The monoisotopic (exact) mass is 267 g/mol. The van der Waals surface area contributed by atoms with Gasteiger partial charge in [0.25, 0.3) is 0 Å². The van der Waals surface area contributed by atoms with E-state index in [0.29, 0.717) is 17.3 Å². The maximum atomic E-state index is 11.9. The van der Waals surface area contributed by atoms with E-state index in [2.05, 4.69) is 10.2 Å². The molecule has 0 radical (unpaired) electrons. The van der Waals surface area contributed by atoms with Crippen molar-refractivity contribution in [1.29, 1.82) is 0 Å². The van der Waals surface area contributed by atoms with E-state index in [0.717, 1.165) is 25.9 Å².